The number of hydrogen-bond donors (Lipinski definition) is 0. The normalized spacial score (nSPS) is 15.9. The topological polar surface area (TPSA) is 25.8 Å². The molecule has 2 nitrogen and oxygen atoms in total. The van der Waals surface area contributed by atoms with Gasteiger partial charge in [0.15, 0.2) is 0 Å². The summed E-state index contributed by atoms with van der Waals surface area (Å²) in [7, 11) is 0. The Morgan fingerprint density at radius 2 is 1.73 bits per heavy atom. The highest BCUT2D eigenvalue weighted by molar-refractivity contribution is 6.29. The first-order valence-electron chi connectivity index (χ1n) is 8.38. The van der Waals surface area contributed by atoms with E-state index in [2.05, 4.69) is 35.3 Å². The minimum absolute atomic E-state index is 0.514. The lowest BCUT2D eigenvalue weighted by Gasteiger charge is -2.20. The highest BCUT2D eigenvalue weighted by Crippen LogP contribution is 2.31. The van der Waals surface area contributed by atoms with Crippen molar-refractivity contribution in [2.24, 2.45) is 0 Å². The van der Waals surface area contributed by atoms with Gasteiger partial charge in [0.1, 0.15) is 11.0 Å². The molecule has 3 rings (SSSR count). The molecule has 0 amide bonds. The number of hydrogen-bond acceptors (Lipinski definition) is 2. The summed E-state index contributed by atoms with van der Waals surface area (Å²) in [5.74, 6) is 1.49. The van der Waals surface area contributed by atoms with Crippen LogP contribution in [0.15, 0.2) is 36.4 Å². The van der Waals surface area contributed by atoms with Crippen molar-refractivity contribution >= 4 is 11.6 Å². The second-order valence-corrected chi connectivity index (χ2v) is 6.60. The third-order valence-corrected chi connectivity index (χ3v) is 4.67. The van der Waals surface area contributed by atoms with Crippen molar-refractivity contribution in [3.63, 3.8) is 0 Å². The first-order valence-corrected chi connectivity index (χ1v) is 8.76. The van der Waals surface area contributed by atoms with Crippen molar-refractivity contribution in [3.8, 4) is 0 Å². The minimum atomic E-state index is 0.514. The molecule has 0 bridgehead atoms. The summed E-state index contributed by atoms with van der Waals surface area (Å²) in [4.78, 5) is 9.27. The van der Waals surface area contributed by atoms with E-state index in [0.717, 1.165) is 30.8 Å². The number of benzene rings is 1. The standard InChI is InChI=1S/C19H23ClN2/c20-18-14-17(13-7-10-15-8-3-1-4-9-15)21-19(22-18)16-11-5-2-6-12-16/h1,3-4,8-9,14,16H,2,5-7,10-13H2. The van der Waals surface area contributed by atoms with Gasteiger partial charge < -0.3 is 0 Å². The second-order valence-electron chi connectivity index (χ2n) is 6.21. The van der Waals surface area contributed by atoms with Gasteiger partial charge in [-0.05, 0) is 43.7 Å². The monoisotopic (exact) mass is 314 g/mol. The first-order chi connectivity index (χ1) is 10.8. The van der Waals surface area contributed by atoms with Crippen LogP contribution in [0.5, 0.6) is 0 Å². The fraction of sp³-hybridized carbons (Fsp3) is 0.474. The first kappa shape index (κ1) is 15.5. The van der Waals surface area contributed by atoms with Crippen LogP contribution >= 0.6 is 11.6 Å². The molecular weight excluding hydrogens is 292 g/mol. The van der Waals surface area contributed by atoms with E-state index in [4.69, 9.17) is 16.6 Å². The van der Waals surface area contributed by atoms with Gasteiger partial charge in [-0.1, -0.05) is 61.2 Å². The molecule has 1 aromatic carbocycles. The quantitative estimate of drug-likeness (QED) is 0.695. The van der Waals surface area contributed by atoms with Gasteiger partial charge >= 0.3 is 0 Å². The summed E-state index contributed by atoms with van der Waals surface area (Å²) in [6.07, 6.45) is 9.52. The van der Waals surface area contributed by atoms with Gasteiger partial charge in [0.2, 0.25) is 0 Å². The Hall–Kier alpha value is -1.41. The predicted octanol–water partition coefficient (Wildman–Crippen LogP) is 5.35. The Morgan fingerprint density at radius 1 is 0.955 bits per heavy atom. The molecule has 0 radical (unpaired) electrons. The molecule has 0 N–H and O–H groups in total. The summed E-state index contributed by atoms with van der Waals surface area (Å²) in [6.45, 7) is 0. The molecule has 1 aliphatic rings. The third kappa shape index (κ3) is 4.30. The van der Waals surface area contributed by atoms with Gasteiger partial charge in [0, 0.05) is 11.6 Å². The van der Waals surface area contributed by atoms with Crippen LogP contribution in [-0.2, 0) is 12.8 Å². The van der Waals surface area contributed by atoms with E-state index in [1.54, 1.807) is 0 Å². The van der Waals surface area contributed by atoms with E-state index in [-0.39, 0.29) is 0 Å². The van der Waals surface area contributed by atoms with Crippen LogP contribution < -0.4 is 0 Å². The van der Waals surface area contributed by atoms with Crippen molar-refractivity contribution in [1.29, 1.82) is 0 Å². The molecule has 0 aliphatic heterocycles. The molecule has 0 saturated heterocycles. The molecule has 1 aromatic heterocycles. The molecule has 0 unspecified atom stereocenters. The summed E-state index contributed by atoms with van der Waals surface area (Å²) < 4.78 is 0. The largest absolute Gasteiger partial charge is 0.238 e. The van der Waals surface area contributed by atoms with E-state index in [1.807, 2.05) is 6.07 Å². The average Bonchev–Trinajstić information content (AvgIpc) is 2.56. The molecule has 0 atom stereocenters. The van der Waals surface area contributed by atoms with Crippen molar-refractivity contribution in [2.75, 3.05) is 0 Å². The Labute approximate surface area is 138 Å². The maximum absolute atomic E-state index is 6.21. The summed E-state index contributed by atoms with van der Waals surface area (Å²) in [5.41, 5.74) is 2.48. The lowest BCUT2D eigenvalue weighted by molar-refractivity contribution is 0.427. The third-order valence-electron chi connectivity index (χ3n) is 4.48. The number of rotatable bonds is 5. The minimum Gasteiger partial charge on any atom is -0.238 e. The molecule has 1 saturated carbocycles. The van der Waals surface area contributed by atoms with Gasteiger partial charge in [-0.3, -0.25) is 0 Å². The molecule has 22 heavy (non-hydrogen) atoms. The SMILES string of the molecule is Clc1cc(CCCc2ccccc2)nc(C2CCCCC2)n1. The Bertz CT molecular complexity index is 592. The molecular formula is C19H23ClN2. The van der Waals surface area contributed by atoms with E-state index < -0.39 is 0 Å². The highest BCUT2D eigenvalue weighted by Gasteiger charge is 2.19. The van der Waals surface area contributed by atoms with Gasteiger partial charge in [0.05, 0.1) is 0 Å². The van der Waals surface area contributed by atoms with Crippen LogP contribution in [0.1, 0.15) is 61.5 Å². The van der Waals surface area contributed by atoms with Gasteiger partial charge in [-0.25, -0.2) is 9.97 Å². The van der Waals surface area contributed by atoms with E-state index >= 15 is 0 Å². The van der Waals surface area contributed by atoms with Crippen LogP contribution in [0.2, 0.25) is 5.15 Å². The van der Waals surface area contributed by atoms with E-state index in [0.29, 0.717) is 11.1 Å². The van der Waals surface area contributed by atoms with Crippen LogP contribution in [0.25, 0.3) is 0 Å². The number of aromatic nitrogens is 2. The Kier molecular flexibility index (Phi) is 5.44. The van der Waals surface area contributed by atoms with Gasteiger partial charge in [-0.2, -0.15) is 0 Å². The Morgan fingerprint density at radius 3 is 2.50 bits per heavy atom. The van der Waals surface area contributed by atoms with E-state index in [1.165, 1.54) is 37.7 Å². The van der Waals surface area contributed by atoms with Crippen LogP contribution in [0.3, 0.4) is 0 Å². The molecule has 1 fully saturated rings. The number of halogens is 1. The van der Waals surface area contributed by atoms with Crippen molar-refractivity contribution < 1.29 is 0 Å². The molecule has 1 aliphatic carbocycles. The average molecular weight is 315 g/mol. The Balaban J connectivity index is 1.62. The van der Waals surface area contributed by atoms with Crippen LogP contribution in [-0.4, -0.2) is 9.97 Å². The molecule has 116 valence electrons. The second kappa shape index (κ2) is 7.73. The zero-order valence-corrected chi connectivity index (χ0v) is 13.7. The van der Waals surface area contributed by atoms with Gasteiger partial charge in [-0.15, -0.1) is 0 Å². The molecule has 2 aromatic rings. The smallest absolute Gasteiger partial charge is 0.133 e. The molecule has 1 heterocycles. The molecule has 0 spiro atoms. The highest BCUT2D eigenvalue weighted by atomic mass is 35.5. The lowest BCUT2D eigenvalue weighted by Crippen LogP contribution is -2.10. The fourth-order valence-corrected chi connectivity index (χ4v) is 3.49. The van der Waals surface area contributed by atoms with Crippen molar-refractivity contribution in [1.82, 2.24) is 9.97 Å². The summed E-state index contributed by atoms with van der Waals surface area (Å²) in [5, 5.41) is 0.602. The maximum atomic E-state index is 6.21. The zero-order chi connectivity index (χ0) is 15.2. The van der Waals surface area contributed by atoms with Gasteiger partial charge in [0.25, 0.3) is 0 Å². The maximum Gasteiger partial charge on any atom is 0.133 e. The van der Waals surface area contributed by atoms with Crippen molar-refractivity contribution in [3.05, 3.63) is 58.6 Å². The predicted molar refractivity (Wildman–Crippen MR) is 91.3 cm³/mol. The zero-order valence-electron chi connectivity index (χ0n) is 13.0. The number of aryl methyl sites for hydroxylation is 2. The molecule has 3 heteroatoms. The number of nitrogens with zero attached hydrogens (tertiary/aromatic N) is 2. The fourth-order valence-electron chi connectivity index (χ4n) is 3.27. The summed E-state index contributed by atoms with van der Waals surface area (Å²) >= 11 is 6.21. The van der Waals surface area contributed by atoms with Crippen LogP contribution in [0, 0.1) is 0 Å². The van der Waals surface area contributed by atoms with Crippen LogP contribution in [0.4, 0.5) is 0 Å². The lowest BCUT2D eigenvalue weighted by atomic mass is 9.88. The summed E-state index contributed by atoms with van der Waals surface area (Å²) in [6, 6.07) is 12.5. The van der Waals surface area contributed by atoms with E-state index in [9.17, 15) is 0 Å². The van der Waals surface area contributed by atoms with Crippen molar-refractivity contribution in [2.45, 2.75) is 57.3 Å².